The second-order valence-electron chi connectivity index (χ2n) is 6.68. The standard InChI is InChI=1S/C22H26N6O2/c1-3-4-19(16(2)23)26-21(29)18-7-5-17(6-8-18)15-25-22-24-10-9-20(27-22)28-11-13-30-14-12-28/h3-10H,1-2,11-15,23H2,(H,26,29)(H,24,25,27)/b19-4+. The van der Waals surface area contributed by atoms with Crippen molar-refractivity contribution in [2.75, 3.05) is 36.5 Å². The first-order valence-electron chi connectivity index (χ1n) is 9.64. The second kappa shape index (κ2) is 10.2. The predicted molar refractivity (Wildman–Crippen MR) is 118 cm³/mol. The number of nitrogens with two attached hydrogens (primary N) is 1. The predicted octanol–water partition coefficient (Wildman–Crippen LogP) is 2.20. The summed E-state index contributed by atoms with van der Waals surface area (Å²) in [7, 11) is 0. The Bertz CT molecular complexity index is 933. The number of hydrogen-bond acceptors (Lipinski definition) is 7. The Kier molecular flexibility index (Phi) is 7.18. The van der Waals surface area contributed by atoms with E-state index in [4.69, 9.17) is 10.5 Å². The van der Waals surface area contributed by atoms with Crippen molar-refractivity contribution in [1.29, 1.82) is 0 Å². The summed E-state index contributed by atoms with van der Waals surface area (Å²) >= 11 is 0. The molecule has 2 aromatic rings. The first-order valence-corrected chi connectivity index (χ1v) is 9.64. The number of morpholine rings is 1. The van der Waals surface area contributed by atoms with E-state index in [0.717, 1.165) is 24.5 Å². The lowest BCUT2D eigenvalue weighted by Gasteiger charge is -2.27. The van der Waals surface area contributed by atoms with Crippen LogP contribution in [0.1, 0.15) is 15.9 Å². The fraction of sp³-hybridized carbons (Fsp3) is 0.227. The average Bonchev–Trinajstić information content (AvgIpc) is 2.78. The number of rotatable bonds is 8. The van der Waals surface area contributed by atoms with Gasteiger partial charge in [-0.2, -0.15) is 4.98 Å². The van der Waals surface area contributed by atoms with Crippen molar-refractivity contribution >= 4 is 17.7 Å². The van der Waals surface area contributed by atoms with E-state index >= 15 is 0 Å². The maximum absolute atomic E-state index is 12.4. The largest absolute Gasteiger partial charge is 0.398 e. The molecule has 8 heteroatoms. The van der Waals surface area contributed by atoms with Crippen molar-refractivity contribution in [2.45, 2.75) is 6.54 Å². The molecule has 0 aliphatic carbocycles. The van der Waals surface area contributed by atoms with Crippen LogP contribution in [0.15, 0.2) is 73.2 Å². The van der Waals surface area contributed by atoms with Crippen LogP contribution < -0.4 is 21.3 Å². The molecule has 0 unspecified atom stereocenters. The highest BCUT2D eigenvalue weighted by molar-refractivity contribution is 5.95. The number of ether oxygens (including phenoxy) is 1. The monoisotopic (exact) mass is 406 g/mol. The minimum atomic E-state index is -0.268. The van der Waals surface area contributed by atoms with E-state index in [9.17, 15) is 4.79 Å². The summed E-state index contributed by atoms with van der Waals surface area (Å²) in [6.45, 7) is 10.8. The number of carbonyl (C=O) groups is 1. The van der Waals surface area contributed by atoms with Crippen LogP contribution in [0.2, 0.25) is 0 Å². The molecule has 2 heterocycles. The molecule has 1 amide bonds. The number of aromatic nitrogens is 2. The van der Waals surface area contributed by atoms with Gasteiger partial charge in [-0.3, -0.25) is 4.79 Å². The summed E-state index contributed by atoms with van der Waals surface area (Å²) in [5.41, 5.74) is 7.88. The Morgan fingerprint density at radius 3 is 2.63 bits per heavy atom. The molecule has 0 bridgehead atoms. The van der Waals surface area contributed by atoms with E-state index in [1.165, 1.54) is 0 Å². The van der Waals surface area contributed by atoms with Crippen molar-refractivity contribution in [3.63, 3.8) is 0 Å². The molecule has 156 valence electrons. The van der Waals surface area contributed by atoms with Gasteiger partial charge >= 0.3 is 0 Å². The van der Waals surface area contributed by atoms with Gasteiger partial charge in [0.05, 0.1) is 18.9 Å². The molecule has 1 aromatic carbocycles. The minimum absolute atomic E-state index is 0.267. The number of allylic oxidation sites excluding steroid dienone is 2. The molecule has 0 saturated carbocycles. The van der Waals surface area contributed by atoms with Gasteiger partial charge in [-0.05, 0) is 29.8 Å². The highest BCUT2D eigenvalue weighted by Gasteiger charge is 2.13. The average molecular weight is 406 g/mol. The van der Waals surface area contributed by atoms with Gasteiger partial charge < -0.3 is 26.0 Å². The second-order valence-corrected chi connectivity index (χ2v) is 6.68. The van der Waals surface area contributed by atoms with Gasteiger partial charge in [0, 0.05) is 37.1 Å². The summed E-state index contributed by atoms with van der Waals surface area (Å²) in [6, 6.07) is 9.16. The zero-order valence-electron chi connectivity index (χ0n) is 16.8. The molecule has 0 radical (unpaired) electrons. The van der Waals surface area contributed by atoms with Crippen molar-refractivity contribution in [3.05, 3.63) is 84.4 Å². The molecule has 3 rings (SSSR count). The van der Waals surface area contributed by atoms with Gasteiger partial charge in [0.2, 0.25) is 5.95 Å². The smallest absolute Gasteiger partial charge is 0.255 e. The lowest BCUT2D eigenvalue weighted by Crippen LogP contribution is -2.36. The van der Waals surface area contributed by atoms with E-state index in [1.54, 1.807) is 30.5 Å². The van der Waals surface area contributed by atoms with E-state index in [2.05, 4.69) is 38.7 Å². The Morgan fingerprint density at radius 1 is 1.23 bits per heavy atom. The van der Waals surface area contributed by atoms with Crippen molar-refractivity contribution in [3.8, 4) is 0 Å². The van der Waals surface area contributed by atoms with Crippen molar-refractivity contribution < 1.29 is 9.53 Å². The zero-order valence-corrected chi connectivity index (χ0v) is 16.8. The summed E-state index contributed by atoms with van der Waals surface area (Å²) in [5, 5.41) is 5.95. The van der Waals surface area contributed by atoms with Crippen LogP contribution in [0.4, 0.5) is 11.8 Å². The fourth-order valence-electron chi connectivity index (χ4n) is 2.90. The first kappa shape index (κ1) is 21.1. The fourth-order valence-corrected chi connectivity index (χ4v) is 2.90. The molecule has 1 fully saturated rings. The van der Waals surface area contributed by atoms with Crippen molar-refractivity contribution in [1.82, 2.24) is 15.3 Å². The number of nitrogens with zero attached hydrogens (tertiary/aromatic N) is 3. The number of hydrogen-bond donors (Lipinski definition) is 3. The molecule has 4 N–H and O–H groups in total. The lowest BCUT2D eigenvalue weighted by molar-refractivity contribution is 0.0966. The van der Waals surface area contributed by atoms with Crippen LogP contribution in [-0.4, -0.2) is 42.2 Å². The molecular weight excluding hydrogens is 380 g/mol. The van der Waals surface area contributed by atoms with Crippen LogP contribution in [0.3, 0.4) is 0 Å². The van der Waals surface area contributed by atoms with Gasteiger partial charge in [-0.1, -0.05) is 31.4 Å². The summed E-state index contributed by atoms with van der Waals surface area (Å²) in [5.74, 6) is 1.17. The topological polar surface area (TPSA) is 105 Å². The SMILES string of the molecule is C=C/C=C(/NC(=O)c1ccc(CNc2nccc(N3CCOCC3)n2)cc1)C(=C)N. The number of nitrogens with one attached hydrogen (secondary N) is 2. The number of amides is 1. The Morgan fingerprint density at radius 2 is 1.97 bits per heavy atom. The summed E-state index contributed by atoms with van der Waals surface area (Å²) in [6.07, 6.45) is 4.88. The van der Waals surface area contributed by atoms with Crippen LogP contribution in [0.5, 0.6) is 0 Å². The molecule has 1 aromatic heterocycles. The third-order valence-electron chi connectivity index (χ3n) is 4.52. The molecule has 8 nitrogen and oxygen atoms in total. The molecule has 1 saturated heterocycles. The zero-order chi connectivity index (χ0) is 21.3. The van der Waals surface area contributed by atoms with Crippen LogP contribution in [0.25, 0.3) is 0 Å². The Labute approximate surface area is 176 Å². The summed E-state index contributed by atoms with van der Waals surface area (Å²) < 4.78 is 5.38. The highest BCUT2D eigenvalue weighted by atomic mass is 16.5. The van der Waals surface area contributed by atoms with Gasteiger partial charge in [0.15, 0.2) is 0 Å². The third kappa shape index (κ3) is 5.68. The summed E-state index contributed by atoms with van der Waals surface area (Å²) in [4.78, 5) is 23.4. The third-order valence-corrected chi connectivity index (χ3v) is 4.52. The molecule has 30 heavy (non-hydrogen) atoms. The van der Waals surface area contributed by atoms with E-state index in [0.29, 0.717) is 37.0 Å². The molecule has 0 spiro atoms. The first-order chi connectivity index (χ1) is 14.6. The molecule has 1 aliphatic rings. The maximum atomic E-state index is 12.4. The number of anilines is 2. The van der Waals surface area contributed by atoms with Gasteiger partial charge in [-0.25, -0.2) is 4.98 Å². The van der Waals surface area contributed by atoms with E-state index in [-0.39, 0.29) is 11.6 Å². The van der Waals surface area contributed by atoms with Crippen LogP contribution in [-0.2, 0) is 11.3 Å². The number of benzene rings is 1. The van der Waals surface area contributed by atoms with Gasteiger partial charge in [0.1, 0.15) is 5.82 Å². The van der Waals surface area contributed by atoms with Crippen LogP contribution in [0, 0.1) is 0 Å². The Hall–Kier alpha value is -3.65. The van der Waals surface area contributed by atoms with Gasteiger partial charge in [-0.15, -0.1) is 0 Å². The molecule has 0 atom stereocenters. The van der Waals surface area contributed by atoms with E-state index in [1.807, 2.05) is 18.2 Å². The van der Waals surface area contributed by atoms with Gasteiger partial charge in [0.25, 0.3) is 5.91 Å². The van der Waals surface area contributed by atoms with Crippen LogP contribution >= 0.6 is 0 Å². The molecular formula is C22H26N6O2. The Balaban J connectivity index is 1.58. The normalized spacial score (nSPS) is 14.1. The minimum Gasteiger partial charge on any atom is -0.398 e. The quantitative estimate of drug-likeness (QED) is 0.577. The maximum Gasteiger partial charge on any atom is 0.255 e. The van der Waals surface area contributed by atoms with E-state index < -0.39 is 0 Å². The number of carbonyl (C=O) groups excluding carboxylic acids is 1. The highest BCUT2D eigenvalue weighted by Crippen LogP contribution is 2.14. The lowest BCUT2D eigenvalue weighted by atomic mass is 10.1. The van der Waals surface area contributed by atoms with Crippen molar-refractivity contribution in [2.24, 2.45) is 5.73 Å². The molecule has 1 aliphatic heterocycles.